The molecule has 0 amide bonds. The van der Waals surface area contributed by atoms with E-state index < -0.39 is 5.41 Å². The number of nitrogens with zero attached hydrogens (tertiary/aromatic N) is 3. The van der Waals surface area contributed by atoms with Gasteiger partial charge < -0.3 is 14.4 Å². The lowest BCUT2D eigenvalue weighted by atomic mass is 9.66. The zero-order valence-electron chi connectivity index (χ0n) is 14.7. The third-order valence-electron chi connectivity index (χ3n) is 4.34. The highest BCUT2D eigenvalue weighted by Gasteiger charge is 2.49. The van der Waals surface area contributed by atoms with Gasteiger partial charge in [0, 0.05) is 13.1 Å². The predicted octanol–water partition coefficient (Wildman–Crippen LogP) is 2.98. The predicted molar refractivity (Wildman–Crippen MR) is 93.6 cm³/mol. The lowest BCUT2D eigenvalue weighted by Gasteiger charge is -2.39. The molecule has 2 heterocycles. The first-order valence-corrected chi connectivity index (χ1v) is 9.08. The summed E-state index contributed by atoms with van der Waals surface area (Å²) in [6, 6.07) is 1.70. The second-order valence-corrected chi connectivity index (χ2v) is 6.02. The monoisotopic (exact) mass is 355 g/mol. The normalized spacial score (nSPS) is 18.9. The second kappa shape index (κ2) is 8.62. The quantitative estimate of drug-likeness (QED) is 0.611. The van der Waals surface area contributed by atoms with Gasteiger partial charge in [-0.1, -0.05) is 31.9 Å². The zero-order valence-corrected chi connectivity index (χ0v) is 15.4. The summed E-state index contributed by atoms with van der Waals surface area (Å²) in [7, 11) is 0. The van der Waals surface area contributed by atoms with E-state index in [1.54, 1.807) is 6.07 Å². The molecule has 0 spiro atoms. The minimum absolute atomic E-state index is 0.205. The van der Waals surface area contributed by atoms with Crippen LogP contribution in [0.2, 0.25) is 5.15 Å². The van der Waals surface area contributed by atoms with E-state index in [1.807, 2.05) is 25.7 Å². The standard InChI is InChI=1S/C15H20ClN3O3.C2H6/c1-2-22-13(20)15(4-3-5-15)11-10-12(16)18-14(17-11)19-6-8-21-9-7-19;1-2/h10H,2-9H2,1H3;1-2H3. The van der Waals surface area contributed by atoms with Crippen molar-refractivity contribution in [1.29, 1.82) is 0 Å². The number of anilines is 1. The molecule has 0 bridgehead atoms. The Balaban J connectivity index is 0.00000100. The highest BCUT2D eigenvalue weighted by atomic mass is 35.5. The number of aromatic nitrogens is 2. The van der Waals surface area contributed by atoms with E-state index in [4.69, 9.17) is 21.1 Å². The van der Waals surface area contributed by atoms with Crippen molar-refractivity contribution in [2.45, 2.75) is 45.4 Å². The van der Waals surface area contributed by atoms with Crippen molar-refractivity contribution in [1.82, 2.24) is 9.97 Å². The molecule has 0 N–H and O–H groups in total. The van der Waals surface area contributed by atoms with E-state index in [2.05, 4.69) is 9.97 Å². The fourth-order valence-electron chi connectivity index (χ4n) is 2.92. The molecule has 0 unspecified atom stereocenters. The minimum atomic E-state index is -0.649. The van der Waals surface area contributed by atoms with Gasteiger partial charge in [0.15, 0.2) is 0 Å². The molecule has 3 rings (SSSR count). The van der Waals surface area contributed by atoms with Gasteiger partial charge in [0.05, 0.1) is 25.5 Å². The van der Waals surface area contributed by atoms with Crippen molar-refractivity contribution in [3.8, 4) is 0 Å². The third-order valence-corrected chi connectivity index (χ3v) is 4.53. The van der Waals surface area contributed by atoms with E-state index in [9.17, 15) is 4.79 Å². The number of carbonyl (C=O) groups is 1. The Kier molecular flexibility index (Phi) is 6.80. The van der Waals surface area contributed by atoms with E-state index >= 15 is 0 Å². The first-order chi connectivity index (χ1) is 11.7. The van der Waals surface area contributed by atoms with Crippen LogP contribution in [0.4, 0.5) is 5.95 Å². The van der Waals surface area contributed by atoms with E-state index in [-0.39, 0.29) is 5.97 Å². The topological polar surface area (TPSA) is 64.5 Å². The van der Waals surface area contributed by atoms with Crippen LogP contribution in [0.15, 0.2) is 6.07 Å². The van der Waals surface area contributed by atoms with Gasteiger partial charge in [-0.25, -0.2) is 9.97 Å². The molecule has 6 nitrogen and oxygen atoms in total. The molecular formula is C17H26ClN3O3. The fourth-order valence-corrected chi connectivity index (χ4v) is 3.10. The maximum atomic E-state index is 12.4. The smallest absolute Gasteiger partial charge is 0.318 e. The van der Waals surface area contributed by atoms with Gasteiger partial charge in [-0.05, 0) is 25.8 Å². The van der Waals surface area contributed by atoms with Crippen LogP contribution in [-0.4, -0.2) is 48.8 Å². The van der Waals surface area contributed by atoms with Crippen molar-refractivity contribution in [3.05, 3.63) is 16.9 Å². The number of morpholine rings is 1. The Morgan fingerprint density at radius 3 is 2.54 bits per heavy atom. The molecule has 134 valence electrons. The molecule has 2 fully saturated rings. The van der Waals surface area contributed by atoms with Crippen LogP contribution in [0.3, 0.4) is 0 Å². The van der Waals surface area contributed by atoms with Crippen LogP contribution in [0.5, 0.6) is 0 Å². The highest BCUT2D eigenvalue weighted by Crippen LogP contribution is 2.44. The van der Waals surface area contributed by atoms with Crippen LogP contribution in [-0.2, 0) is 19.7 Å². The zero-order chi connectivity index (χ0) is 17.6. The Bertz CT molecular complexity index is 558. The van der Waals surface area contributed by atoms with Gasteiger partial charge in [0.2, 0.25) is 5.95 Å². The summed E-state index contributed by atoms with van der Waals surface area (Å²) in [4.78, 5) is 23.4. The Labute approximate surface area is 148 Å². The van der Waals surface area contributed by atoms with Gasteiger partial charge in [-0.2, -0.15) is 0 Å². The molecule has 0 aromatic carbocycles. The van der Waals surface area contributed by atoms with Gasteiger partial charge >= 0.3 is 5.97 Å². The molecule has 0 radical (unpaired) electrons. The lowest BCUT2D eigenvalue weighted by molar-refractivity contribution is -0.154. The van der Waals surface area contributed by atoms with Crippen molar-refractivity contribution in [3.63, 3.8) is 0 Å². The van der Waals surface area contributed by atoms with Crippen molar-refractivity contribution >= 4 is 23.5 Å². The molecule has 1 aromatic rings. The molecule has 1 saturated carbocycles. The van der Waals surface area contributed by atoms with Crippen molar-refractivity contribution in [2.75, 3.05) is 37.8 Å². The van der Waals surface area contributed by atoms with Crippen LogP contribution >= 0.6 is 11.6 Å². The molecule has 24 heavy (non-hydrogen) atoms. The molecule has 1 aromatic heterocycles. The molecule has 1 saturated heterocycles. The third kappa shape index (κ3) is 3.81. The maximum Gasteiger partial charge on any atom is 0.318 e. The first-order valence-electron chi connectivity index (χ1n) is 8.71. The van der Waals surface area contributed by atoms with Gasteiger partial charge in [0.1, 0.15) is 10.6 Å². The summed E-state index contributed by atoms with van der Waals surface area (Å²) >= 11 is 6.18. The molecule has 1 aliphatic carbocycles. The first kappa shape index (κ1) is 18.9. The summed E-state index contributed by atoms with van der Waals surface area (Å²) in [5.41, 5.74) is 0.0302. The minimum Gasteiger partial charge on any atom is -0.465 e. The number of ether oxygens (including phenoxy) is 2. The summed E-state index contributed by atoms with van der Waals surface area (Å²) < 4.78 is 10.6. The van der Waals surface area contributed by atoms with E-state index in [0.29, 0.717) is 36.6 Å². The largest absolute Gasteiger partial charge is 0.465 e. The van der Waals surface area contributed by atoms with Crippen LogP contribution < -0.4 is 4.90 Å². The lowest BCUT2D eigenvalue weighted by Crippen LogP contribution is -2.45. The van der Waals surface area contributed by atoms with Crippen molar-refractivity contribution < 1.29 is 14.3 Å². The Morgan fingerprint density at radius 1 is 1.33 bits per heavy atom. The van der Waals surface area contributed by atoms with Crippen LogP contribution in [0.1, 0.15) is 45.7 Å². The van der Waals surface area contributed by atoms with E-state index in [0.717, 1.165) is 32.4 Å². The number of rotatable bonds is 4. The summed E-state index contributed by atoms with van der Waals surface area (Å²) in [5, 5.41) is 0.363. The van der Waals surface area contributed by atoms with E-state index in [1.165, 1.54) is 0 Å². The van der Waals surface area contributed by atoms with Gasteiger partial charge in [-0.15, -0.1) is 0 Å². The van der Waals surface area contributed by atoms with Gasteiger partial charge in [-0.3, -0.25) is 4.79 Å². The molecule has 2 aliphatic rings. The molecular weight excluding hydrogens is 330 g/mol. The maximum absolute atomic E-state index is 12.4. The second-order valence-electron chi connectivity index (χ2n) is 5.63. The summed E-state index contributed by atoms with van der Waals surface area (Å²) in [6.45, 7) is 8.94. The van der Waals surface area contributed by atoms with Crippen LogP contribution in [0, 0.1) is 0 Å². The Morgan fingerprint density at radius 2 is 2.00 bits per heavy atom. The number of halogens is 1. The fraction of sp³-hybridized carbons (Fsp3) is 0.706. The number of carbonyl (C=O) groups excluding carboxylic acids is 1. The molecule has 1 aliphatic heterocycles. The van der Waals surface area contributed by atoms with Crippen molar-refractivity contribution in [2.24, 2.45) is 0 Å². The average molecular weight is 356 g/mol. The summed E-state index contributed by atoms with van der Waals surface area (Å²) in [6.07, 6.45) is 2.50. The number of hydrogen-bond donors (Lipinski definition) is 0. The summed E-state index contributed by atoms with van der Waals surface area (Å²) in [5.74, 6) is 0.366. The molecule has 0 atom stereocenters. The number of hydrogen-bond acceptors (Lipinski definition) is 6. The number of esters is 1. The van der Waals surface area contributed by atoms with Crippen LogP contribution in [0.25, 0.3) is 0 Å². The SMILES string of the molecule is CC.CCOC(=O)C1(c2cc(Cl)nc(N3CCOCC3)n2)CCC1. The van der Waals surface area contributed by atoms with Gasteiger partial charge in [0.25, 0.3) is 0 Å². The molecule has 7 heteroatoms. The Hall–Kier alpha value is -1.40. The average Bonchev–Trinajstić information content (AvgIpc) is 2.56. The highest BCUT2D eigenvalue weighted by molar-refractivity contribution is 6.29.